The van der Waals surface area contributed by atoms with Crippen molar-refractivity contribution in [3.8, 4) is 6.07 Å². The normalized spacial score (nSPS) is 11.5. The number of anilines is 2. The number of nitrogens with one attached hydrogen (secondary N) is 1. The van der Waals surface area contributed by atoms with E-state index in [9.17, 15) is 4.79 Å². The summed E-state index contributed by atoms with van der Waals surface area (Å²) in [4.78, 5) is 10.8. The van der Waals surface area contributed by atoms with Crippen LogP contribution in [-0.2, 0) is 4.79 Å². The van der Waals surface area contributed by atoms with Gasteiger partial charge in [-0.15, -0.1) is 0 Å². The van der Waals surface area contributed by atoms with E-state index in [1.807, 2.05) is 6.07 Å². The number of carbonyl (C=O) groups excluding carboxylic acids is 1. The number of rotatable bonds is 3. The maximum absolute atomic E-state index is 10.8. The number of primary amides is 1. The van der Waals surface area contributed by atoms with Gasteiger partial charge in [0.2, 0.25) is 5.91 Å². The maximum Gasteiger partial charge on any atom is 0.239 e. The number of hydrogen-bond donors (Lipinski definition) is 3. The van der Waals surface area contributed by atoms with E-state index in [2.05, 4.69) is 5.32 Å². The van der Waals surface area contributed by atoms with Crippen molar-refractivity contribution in [1.29, 1.82) is 5.26 Å². The summed E-state index contributed by atoms with van der Waals surface area (Å²) in [6, 6.07) is 6.27. The molecule has 0 aliphatic carbocycles. The fraction of sp³-hybridized carbons (Fsp3) is 0.200. The Morgan fingerprint density at radius 2 is 2.27 bits per heavy atom. The summed E-state index contributed by atoms with van der Waals surface area (Å²) in [5, 5.41) is 11.5. The van der Waals surface area contributed by atoms with Crippen LogP contribution >= 0.6 is 0 Å². The lowest BCUT2D eigenvalue weighted by molar-refractivity contribution is -0.118. The fourth-order valence-corrected chi connectivity index (χ4v) is 1.07. The number of hydrogen-bond acceptors (Lipinski definition) is 4. The molecule has 0 fully saturated rings. The van der Waals surface area contributed by atoms with Crippen LogP contribution < -0.4 is 16.8 Å². The quantitative estimate of drug-likeness (QED) is 0.620. The Morgan fingerprint density at radius 1 is 1.60 bits per heavy atom. The predicted octanol–water partition coefficient (Wildman–Crippen LogP) is 0.426. The lowest BCUT2D eigenvalue weighted by Crippen LogP contribution is -2.32. The fourth-order valence-electron chi connectivity index (χ4n) is 1.07. The molecule has 0 saturated carbocycles. The maximum atomic E-state index is 10.8. The largest absolute Gasteiger partial charge is 0.397 e. The Morgan fingerprint density at radius 3 is 2.73 bits per heavy atom. The molecule has 0 aromatic heterocycles. The van der Waals surface area contributed by atoms with E-state index in [1.165, 1.54) is 6.07 Å². The predicted molar refractivity (Wildman–Crippen MR) is 57.8 cm³/mol. The molecule has 0 saturated heterocycles. The highest BCUT2D eigenvalue weighted by Crippen LogP contribution is 2.20. The number of nitrogens with two attached hydrogens (primary N) is 2. The van der Waals surface area contributed by atoms with Crippen molar-refractivity contribution in [2.24, 2.45) is 5.73 Å². The molecule has 78 valence electrons. The number of nitriles is 1. The molecule has 1 atom stereocenters. The summed E-state index contributed by atoms with van der Waals surface area (Å²) in [6.45, 7) is 1.64. The Hall–Kier alpha value is -2.22. The first kappa shape index (κ1) is 10.9. The third-order valence-electron chi connectivity index (χ3n) is 1.98. The average molecular weight is 204 g/mol. The van der Waals surface area contributed by atoms with Crippen molar-refractivity contribution in [3.05, 3.63) is 23.8 Å². The Balaban J connectivity index is 2.88. The van der Waals surface area contributed by atoms with Gasteiger partial charge in [-0.2, -0.15) is 5.26 Å². The van der Waals surface area contributed by atoms with Gasteiger partial charge >= 0.3 is 0 Å². The average Bonchev–Trinajstić information content (AvgIpc) is 2.20. The highest BCUT2D eigenvalue weighted by atomic mass is 16.1. The molecule has 1 aromatic rings. The third kappa shape index (κ3) is 2.61. The molecule has 15 heavy (non-hydrogen) atoms. The molecule has 1 unspecified atom stereocenters. The molecule has 5 nitrogen and oxygen atoms in total. The molecule has 1 aromatic carbocycles. The van der Waals surface area contributed by atoms with Crippen LogP contribution in [-0.4, -0.2) is 11.9 Å². The van der Waals surface area contributed by atoms with E-state index in [1.54, 1.807) is 19.1 Å². The molecular weight excluding hydrogens is 192 g/mol. The second kappa shape index (κ2) is 4.33. The summed E-state index contributed by atoms with van der Waals surface area (Å²) in [7, 11) is 0. The molecule has 0 aliphatic rings. The smallest absolute Gasteiger partial charge is 0.239 e. The molecule has 1 amide bonds. The third-order valence-corrected chi connectivity index (χ3v) is 1.98. The van der Waals surface area contributed by atoms with Gasteiger partial charge in [-0.05, 0) is 25.1 Å². The van der Waals surface area contributed by atoms with Crippen molar-refractivity contribution in [3.63, 3.8) is 0 Å². The van der Waals surface area contributed by atoms with Gasteiger partial charge in [-0.1, -0.05) is 0 Å². The van der Waals surface area contributed by atoms with E-state index in [4.69, 9.17) is 16.7 Å². The van der Waals surface area contributed by atoms with Gasteiger partial charge in [-0.25, -0.2) is 0 Å². The van der Waals surface area contributed by atoms with Crippen molar-refractivity contribution in [2.45, 2.75) is 13.0 Å². The van der Waals surface area contributed by atoms with Crippen LogP contribution in [0.4, 0.5) is 11.4 Å². The number of amides is 1. The standard InChI is InChI=1S/C10H12N4O/c1-6(10(13)15)14-9-3-2-7(5-11)4-8(9)12/h2-4,6,14H,12H2,1H3,(H2,13,15). The molecule has 0 aliphatic heterocycles. The molecule has 0 spiro atoms. The van der Waals surface area contributed by atoms with Crippen molar-refractivity contribution in [1.82, 2.24) is 0 Å². The molecule has 5 heteroatoms. The number of carbonyl (C=O) groups is 1. The minimum absolute atomic E-state index is 0.419. The zero-order valence-corrected chi connectivity index (χ0v) is 8.32. The van der Waals surface area contributed by atoms with Gasteiger partial charge in [0.15, 0.2) is 0 Å². The lowest BCUT2D eigenvalue weighted by Gasteiger charge is -2.13. The molecule has 0 radical (unpaired) electrons. The van der Waals surface area contributed by atoms with Crippen LogP contribution in [0.15, 0.2) is 18.2 Å². The number of benzene rings is 1. The highest BCUT2D eigenvalue weighted by Gasteiger charge is 2.09. The SMILES string of the molecule is CC(Nc1ccc(C#N)cc1N)C(N)=O. The minimum Gasteiger partial charge on any atom is -0.397 e. The van der Waals surface area contributed by atoms with Crippen LogP contribution in [0.3, 0.4) is 0 Å². The Bertz CT molecular complexity index is 422. The topological polar surface area (TPSA) is 105 Å². The summed E-state index contributed by atoms with van der Waals surface area (Å²) >= 11 is 0. The summed E-state index contributed by atoms with van der Waals surface area (Å²) in [5.74, 6) is -0.459. The molecule has 5 N–H and O–H groups in total. The van der Waals surface area contributed by atoms with Gasteiger partial charge in [0.05, 0.1) is 23.0 Å². The number of nitrogen functional groups attached to an aromatic ring is 1. The van der Waals surface area contributed by atoms with Crippen LogP contribution in [0.1, 0.15) is 12.5 Å². The minimum atomic E-state index is -0.500. The number of nitrogens with zero attached hydrogens (tertiary/aromatic N) is 1. The van der Waals surface area contributed by atoms with Crippen molar-refractivity contribution < 1.29 is 4.79 Å². The molecule has 0 bridgehead atoms. The second-order valence-electron chi connectivity index (χ2n) is 3.18. The first-order valence-corrected chi connectivity index (χ1v) is 4.40. The van der Waals surface area contributed by atoms with Gasteiger partial charge in [0.1, 0.15) is 6.04 Å². The van der Waals surface area contributed by atoms with Crippen LogP contribution in [0, 0.1) is 11.3 Å². The summed E-state index contributed by atoms with van der Waals surface area (Å²) < 4.78 is 0. The monoisotopic (exact) mass is 204 g/mol. The lowest BCUT2D eigenvalue weighted by atomic mass is 10.1. The summed E-state index contributed by atoms with van der Waals surface area (Å²) in [6.07, 6.45) is 0. The van der Waals surface area contributed by atoms with Crippen LogP contribution in [0.2, 0.25) is 0 Å². The Labute approximate surface area is 87.7 Å². The highest BCUT2D eigenvalue weighted by molar-refractivity contribution is 5.84. The van der Waals surface area contributed by atoms with E-state index in [0.29, 0.717) is 16.9 Å². The van der Waals surface area contributed by atoms with Gasteiger partial charge in [-0.3, -0.25) is 4.79 Å². The van der Waals surface area contributed by atoms with E-state index in [0.717, 1.165) is 0 Å². The van der Waals surface area contributed by atoms with E-state index < -0.39 is 11.9 Å². The van der Waals surface area contributed by atoms with Crippen LogP contribution in [0.25, 0.3) is 0 Å². The van der Waals surface area contributed by atoms with E-state index in [-0.39, 0.29) is 0 Å². The summed E-state index contributed by atoms with van der Waals surface area (Å²) in [5.41, 5.74) is 12.3. The zero-order valence-electron chi connectivity index (χ0n) is 8.32. The second-order valence-corrected chi connectivity index (χ2v) is 3.18. The van der Waals surface area contributed by atoms with Crippen LogP contribution in [0.5, 0.6) is 0 Å². The first-order valence-electron chi connectivity index (χ1n) is 4.40. The zero-order chi connectivity index (χ0) is 11.4. The van der Waals surface area contributed by atoms with E-state index >= 15 is 0 Å². The van der Waals surface area contributed by atoms with Gasteiger partial charge in [0.25, 0.3) is 0 Å². The van der Waals surface area contributed by atoms with Crippen molar-refractivity contribution >= 4 is 17.3 Å². The molecule has 0 heterocycles. The van der Waals surface area contributed by atoms with Gasteiger partial charge in [0, 0.05) is 0 Å². The van der Waals surface area contributed by atoms with Gasteiger partial charge < -0.3 is 16.8 Å². The Kier molecular flexibility index (Phi) is 3.13. The molecular formula is C10H12N4O. The first-order chi connectivity index (χ1) is 7.04. The molecule has 1 rings (SSSR count). The van der Waals surface area contributed by atoms with Crippen molar-refractivity contribution in [2.75, 3.05) is 11.1 Å².